The summed E-state index contributed by atoms with van der Waals surface area (Å²) in [7, 11) is 0. The van der Waals surface area contributed by atoms with E-state index in [1.807, 2.05) is 25.1 Å². The number of amides is 2. The first-order chi connectivity index (χ1) is 14.1. The van der Waals surface area contributed by atoms with Crippen molar-refractivity contribution in [3.05, 3.63) is 71.3 Å². The van der Waals surface area contributed by atoms with Crippen molar-refractivity contribution in [1.82, 2.24) is 4.90 Å². The molecule has 0 spiro atoms. The van der Waals surface area contributed by atoms with Crippen LogP contribution >= 0.6 is 0 Å². The fraction of sp³-hybridized carbons (Fsp3) is 0.174. The van der Waals surface area contributed by atoms with Crippen LogP contribution in [0.25, 0.3) is 10.8 Å². The Bertz CT molecular complexity index is 1120. The monoisotopic (exact) mass is 387 g/mol. The van der Waals surface area contributed by atoms with Crippen molar-refractivity contribution in [2.75, 3.05) is 12.0 Å². The maximum Gasteiger partial charge on any atom is 0.261 e. The number of aromatic hydroxyl groups is 1. The Hall–Kier alpha value is -3.67. The van der Waals surface area contributed by atoms with Crippen LogP contribution in [0.3, 0.4) is 0 Å². The Morgan fingerprint density at radius 3 is 2.52 bits per heavy atom. The van der Waals surface area contributed by atoms with Gasteiger partial charge in [0, 0.05) is 34.0 Å². The van der Waals surface area contributed by atoms with Gasteiger partial charge >= 0.3 is 0 Å². The topological polar surface area (TPSA) is 82.0 Å². The van der Waals surface area contributed by atoms with Gasteiger partial charge in [0.25, 0.3) is 11.8 Å². The fourth-order valence-electron chi connectivity index (χ4n) is 3.53. The number of carbonyl (C=O) groups excluding carboxylic acids is 2. The second kappa shape index (κ2) is 7.75. The molecule has 2 amide bonds. The van der Waals surface area contributed by atoms with E-state index in [1.165, 1.54) is 11.1 Å². The van der Waals surface area contributed by atoms with Crippen molar-refractivity contribution in [2.45, 2.75) is 19.8 Å². The molecule has 2 N–H and O–H groups in total. The van der Waals surface area contributed by atoms with E-state index in [2.05, 4.69) is 10.5 Å². The Morgan fingerprint density at radius 1 is 1.00 bits per heavy atom. The van der Waals surface area contributed by atoms with Gasteiger partial charge in [0.15, 0.2) is 0 Å². The van der Waals surface area contributed by atoms with E-state index in [0.717, 1.165) is 18.2 Å². The maximum absolute atomic E-state index is 12.9. The van der Waals surface area contributed by atoms with Gasteiger partial charge in [-0.3, -0.25) is 19.9 Å². The minimum Gasteiger partial charge on any atom is -0.507 e. The minimum atomic E-state index is -0.253. The van der Waals surface area contributed by atoms with Crippen molar-refractivity contribution >= 4 is 34.5 Å². The highest BCUT2D eigenvalue weighted by atomic mass is 16.3. The van der Waals surface area contributed by atoms with Gasteiger partial charge in [0.2, 0.25) is 0 Å². The molecule has 6 nitrogen and oxygen atoms in total. The molecule has 0 radical (unpaired) electrons. The average molecular weight is 387 g/mol. The summed E-state index contributed by atoms with van der Waals surface area (Å²) in [5.74, 6) is -0.369. The first-order valence-corrected chi connectivity index (χ1v) is 9.60. The van der Waals surface area contributed by atoms with Crippen LogP contribution in [0.5, 0.6) is 5.75 Å². The number of benzene rings is 3. The number of hydrazone groups is 1. The van der Waals surface area contributed by atoms with Crippen LogP contribution < -0.4 is 5.43 Å². The van der Waals surface area contributed by atoms with Gasteiger partial charge in [-0.2, -0.15) is 5.10 Å². The minimum absolute atomic E-state index is 0.137. The van der Waals surface area contributed by atoms with Gasteiger partial charge in [-0.25, -0.2) is 0 Å². The third-order valence-corrected chi connectivity index (χ3v) is 5.05. The predicted octanol–water partition coefficient (Wildman–Crippen LogP) is 4.39. The standard InChI is InChI=1S/C23H21N3O3/c1-2-3-13-26-22(28)17-9-6-8-16-19(12-11-18(21(16)17)23(26)29)25-24-14-15-7-4-5-10-20(15)27/h4-12,14,25,27H,2-3,13H2,1H3/b24-14+. The second-order valence-electron chi connectivity index (χ2n) is 6.93. The molecule has 1 heterocycles. The van der Waals surface area contributed by atoms with E-state index in [1.54, 1.807) is 36.4 Å². The smallest absolute Gasteiger partial charge is 0.261 e. The number of carbonyl (C=O) groups is 2. The van der Waals surface area contributed by atoms with Gasteiger partial charge in [-0.15, -0.1) is 0 Å². The van der Waals surface area contributed by atoms with Crippen LogP contribution in [0.1, 0.15) is 46.0 Å². The largest absolute Gasteiger partial charge is 0.507 e. The van der Waals surface area contributed by atoms with Crippen LogP contribution in [0, 0.1) is 0 Å². The maximum atomic E-state index is 12.9. The summed E-state index contributed by atoms with van der Waals surface area (Å²) < 4.78 is 0. The number of phenolic OH excluding ortho intramolecular Hbond substituents is 1. The number of anilines is 1. The lowest BCUT2D eigenvalue weighted by molar-refractivity contribution is 0.0608. The number of rotatable bonds is 6. The van der Waals surface area contributed by atoms with Gasteiger partial charge in [-0.1, -0.05) is 37.6 Å². The molecule has 1 aliphatic rings. The van der Waals surface area contributed by atoms with Crippen LogP contribution in [-0.2, 0) is 0 Å². The number of imide groups is 1. The van der Waals surface area contributed by atoms with E-state index in [9.17, 15) is 14.7 Å². The molecular weight excluding hydrogens is 366 g/mol. The lowest BCUT2D eigenvalue weighted by atomic mass is 9.93. The molecule has 3 aromatic carbocycles. The number of phenols is 1. The third kappa shape index (κ3) is 3.33. The van der Waals surface area contributed by atoms with Gasteiger partial charge in [-0.05, 0) is 36.8 Å². The summed E-state index contributed by atoms with van der Waals surface area (Å²) in [6.07, 6.45) is 3.21. The molecule has 6 heteroatoms. The molecule has 0 bridgehead atoms. The van der Waals surface area contributed by atoms with E-state index in [4.69, 9.17) is 0 Å². The average Bonchev–Trinajstić information content (AvgIpc) is 2.74. The van der Waals surface area contributed by atoms with Crippen molar-refractivity contribution in [3.63, 3.8) is 0 Å². The fourth-order valence-corrected chi connectivity index (χ4v) is 3.53. The van der Waals surface area contributed by atoms with Crippen molar-refractivity contribution in [2.24, 2.45) is 5.10 Å². The highest BCUT2D eigenvalue weighted by molar-refractivity contribution is 6.26. The lowest BCUT2D eigenvalue weighted by Gasteiger charge is -2.27. The number of nitrogens with zero attached hydrogens (tertiary/aromatic N) is 2. The van der Waals surface area contributed by atoms with Gasteiger partial charge in [0.1, 0.15) is 5.75 Å². The van der Waals surface area contributed by atoms with E-state index in [0.29, 0.717) is 34.3 Å². The normalized spacial score (nSPS) is 13.5. The third-order valence-electron chi connectivity index (χ3n) is 5.05. The Balaban J connectivity index is 1.71. The summed E-state index contributed by atoms with van der Waals surface area (Å²) in [6.45, 7) is 2.45. The molecule has 0 unspecified atom stereocenters. The highest BCUT2D eigenvalue weighted by Gasteiger charge is 2.32. The zero-order valence-electron chi connectivity index (χ0n) is 16.1. The molecule has 0 saturated carbocycles. The van der Waals surface area contributed by atoms with Crippen LogP contribution in [-0.4, -0.2) is 34.6 Å². The number of nitrogens with one attached hydrogen (secondary N) is 1. The zero-order chi connectivity index (χ0) is 20.4. The summed E-state index contributed by atoms with van der Waals surface area (Å²) in [4.78, 5) is 27.1. The number of hydrogen-bond donors (Lipinski definition) is 2. The SMILES string of the molecule is CCCCN1C(=O)c2cccc3c(N/N=C/c4ccccc4O)ccc(c23)C1=O. The number of unbranched alkanes of at least 4 members (excludes halogenated alkanes) is 1. The second-order valence-corrected chi connectivity index (χ2v) is 6.93. The number of para-hydroxylation sites is 1. The Labute approximate surface area is 168 Å². The molecule has 146 valence electrons. The van der Waals surface area contributed by atoms with Crippen LogP contribution in [0.15, 0.2) is 59.7 Å². The van der Waals surface area contributed by atoms with Crippen LogP contribution in [0.2, 0.25) is 0 Å². The summed E-state index contributed by atoms with van der Waals surface area (Å²) in [5, 5.41) is 15.4. The van der Waals surface area contributed by atoms with Crippen LogP contribution in [0.4, 0.5) is 5.69 Å². The molecule has 0 aliphatic carbocycles. The highest BCUT2D eigenvalue weighted by Crippen LogP contribution is 2.34. The summed E-state index contributed by atoms with van der Waals surface area (Å²) >= 11 is 0. The molecule has 0 fully saturated rings. The van der Waals surface area contributed by atoms with Gasteiger partial charge < -0.3 is 5.11 Å². The molecular formula is C23H21N3O3. The molecule has 3 aromatic rings. The molecule has 0 atom stereocenters. The first-order valence-electron chi connectivity index (χ1n) is 9.60. The Kier molecular flexibility index (Phi) is 4.99. The molecule has 4 rings (SSSR count). The lowest BCUT2D eigenvalue weighted by Crippen LogP contribution is -2.40. The predicted molar refractivity (Wildman–Crippen MR) is 114 cm³/mol. The summed E-state index contributed by atoms with van der Waals surface area (Å²) in [5.41, 5.74) is 5.29. The quantitative estimate of drug-likeness (QED) is 0.373. The van der Waals surface area contributed by atoms with Crippen molar-refractivity contribution < 1.29 is 14.7 Å². The number of hydrogen-bond acceptors (Lipinski definition) is 5. The Morgan fingerprint density at radius 2 is 1.76 bits per heavy atom. The van der Waals surface area contributed by atoms with Crippen molar-refractivity contribution in [1.29, 1.82) is 0 Å². The van der Waals surface area contributed by atoms with E-state index in [-0.39, 0.29) is 17.6 Å². The zero-order valence-corrected chi connectivity index (χ0v) is 16.1. The van der Waals surface area contributed by atoms with Gasteiger partial charge in [0.05, 0.1) is 11.9 Å². The van der Waals surface area contributed by atoms with E-state index >= 15 is 0 Å². The first kappa shape index (κ1) is 18.7. The van der Waals surface area contributed by atoms with E-state index < -0.39 is 0 Å². The summed E-state index contributed by atoms with van der Waals surface area (Å²) in [6, 6.07) is 15.8. The molecule has 0 aromatic heterocycles. The molecule has 1 aliphatic heterocycles. The van der Waals surface area contributed by atoms with Crippen molar-refractivity contribution in [3.8, 4) is 5.75 Å². The molecule has 29 heavy (non-hydrogen) atoms. The molecule has 0 saturated heterocycles.